The van der Waals surface area contributed by atoms with Gasteiger partial charge in [0.15, 0.2) is 0 Å². The van der Waals surface area contributed by atoms with Crippen LogP contribution in [0.25, 0.3) is 0 Å². The second kappa shape index (κ2) is 12.9. The van der Waals surface area contributed by atoms with Gasteiger partial charge in [-0.15, -0.1) is 0 Å². The van der Waals surface area contributed by atoms with Gasteiger partial charge in [-0.3, -0.25) is 19.2 Å². The Morgan fingerprint density at radius 2 is 1.76 bits per heavy atom. The number of halogens is 3. The predicted molar refractivity (Wildman–Crippen MR) is 74.0 cm³/mol. The average molecular weight is 407 g/mol. The number of rotatable bonds is 8. The maximum atomic E-state index is 11.0. The van der Waals surface area contributed by atoms with Crippen molar-refractivity contribution in [3.05, 3.63) is 34.4 Å². The van der Waals surface area contributed by atoms with Crippen molar-refractivity contribution in [1.29, 1.82) is 0 Å². The van der Waals surface area contributed by atoms with Gasteiger partial charge in [0.1, 0.15) is 0 Å². The van der Waals surface area contributed by atoms with Crippen molar-refractivity contribution in [2.24, 2.45) is 0 Å². The van der Waals surface area contributed by atoms with Crippen molar-refractivity contribution < 1.29 is 51.7 Å². The van der Waals surface area contributed by atoms with Gasteiger partial charge in [-0.05, 0) is 6.07 Å². The zero-order valence-corrected chi connectivity index (χ0v) is 13.9. The quantitative estimate of drug-likeness (QED) is 0.124. The van der Waals surface area contributed by atoms with Gasteiger partial charge in [0, 0.05) is 24.4 Å². The molecule has 1 rings (SSSR count). The van der Waals surface area contributed by atoms with E-state index in [1.807, 2.05) is 0 Å². The Morgan fingerprint density at radius 1 is 1.20 bits per heavy atom. The van der Waals surface area contributed by atoms with Gasteiger partial charge >= 0.3 is 17.9 Å². The van der Waals surface area contributed by atoms with Crippen molar-refractivity contribution in [3.8, 4) is 0 Å². The van der Waals surface area contributed by atoms with E-state index in [1.165, 1.54) is 24.3 Å². The molecule has 17 heteroatoms. The molecule has 142 valence electrons. The van der Waals surface area contributed by atoms with Crippen LogP contribution in [-0.2, 0) is 18.0 Å². The predicted octanol–water partition coefficient (Wildman–Crippen LogP) is -8.77. The molecule has 25 heavy (non-hydrogen) atoms. The molecule has 11 nitrogen and oxygen atoms in total. The number of hydrogen-bond donors (Lipinski definition) is 3. The van der Waals surface area contributed by atoms with Crippen molar-refractivity contribution in [2.75, 3.05) is 18.5 Å². The summed E-state index contributed by atoms with van der Waals surface area (Å²) in [6, 6.07) is 5.46. The van der Waals surface area contributed by atoms with Gasteiger partial charge in [0.25, 0.3) is 13.5 Å². The Labute approximate surface area is 142 Å². The Balaban J connectivity index is -0.000000551. The molecule has 0 aliphatic rings. The van der Waals surface area contributed by atoms with Gasteiger partial charge in [-0.2, -0.15) is 0 Å². The number of anilines is 1. The number of hydrogen-bond acceptors (Lipinski definition) is 8. The smallest absolute Gasteiger partial charge is 1.00 e. The van der Waals surface area contributed by atoms with Crippen LogP contribution >= 0.6 is 15.6 Å². The summed E-state index contributed by atoms with van der Waals surface area (Å²) in [5.41, 5.74) is 0.211. The third-order valence-corrected chi connectivity index (χ3v) is 4.11. The van der Waals surface area contributed by atoms with Gasteiger partial charge in [0.05, 0.1) is 11.5 Å². The molecule has 0 fully saturated rings. The van der Waals surface area contributed by atoms with Crippen LogP contribution in [0, 0.1) is 10.1 Å². The number of phosphoric ester groups is 1. The van der Waals surface area contributed by atoms with Crippen molar-refractivity contribution in [2.45, 2.75) is 0 Å². The molecule has 2 atom stereocenters. The van der Waals surface area contributed by atoms with Crippen LogP contribution < -0.4 is 24.3 Å². The first-order valence-corrected chi connectivity index (χ1v) is 8.29. The van der Waals surface area contributed by atoms with Gasteiger partial charge in [-0.25, -0.2) is 8.88 Å². The van der Waals surface area contributed by atoms with E-state index in [0.29, 0.717) is 5.69 Å². The van der Waals surface area contributed by atoms with E-state index >= 15 is 0 Å². The number of nitro groups is 1. The third kappa shape index (κ3) is 13.6. The van der Waals surface area contributed by atoms with Crippen LogP contribution in [-0.4, -0.2) is 38.0 Å². The van der Waals surface area contributed by atoms with Crippen LogP contribution in [0.3, 0.4) is 0 Å². The molecular weight excluding hydrogens is 396 g/mol. The largest absolute Gasteiger partial charge is 2.00 e. The molecule has 1 aromatic rings. The maximum absolute atomic E-state index is 11.0. The minimum absolute atomic E-state index is 0. The van der Waals surface area contributed by atoms with E-state index in [0.717, 1.165) is 0 Å². The second-order valence-electron chi connectivity index (χ2n) is 3.59. The summed E-state index contributed by atoms with van der Waals surface area (Å²) in [6.45, 7) is -0.514. The molecular formula is C8H11BeF3N2O9P2-2. The monoisotopic (exact) mass is 407 g/mol. The molecule has 0 heterocycles. The molecule has 0 aliphatic heterocycles. The number of nitro benzene ring substituents is 1. The average Bonchev–Trinajstić information content (AvgIpc) is 2.32. The molecule has 0 aromatic heterocycles. The van der Waals surface area contributed by atoms with E-state index in [9.17, 15) is 24.1 Å². The minimum atomic E-state index is -5.40. The number of non-ortho nitro benzene ring substituents is 1. The van der Waals surface area contributed by atoms with E-state index in [2.05, 4.69) is 14.2 Å². The first kappa shape index (κ1) is 31.4. The molecule has 0 radical (unpaired) electrons. The number of benzene rings is 1. The summed E-state index contributed by atoms with van der Waals surface area (Å²) in [4.78, 5) is 37.4. The van der Waals surface area contributed by atoms with Crippen molar-refractivity contribution in [1.82, 2.24) is 0 Å². The van der Waals surface area contributed by atoms with Crippen LogP contribution in [0.2, 0.25) is 0 Å². The van der Waals surface area contributed by atoms with Crippen molar-refractivity contribution in [3.63, 3.8) is 0 Å². The molecule has 2 unspecified atom stereocenters. The van der Waals surface area contributed by atoms with Gasteiger partial charge in [0.2, 0.25) is 0 Å². The summed E-state index contributed by atoms with van der Waals surface area (Å²) >= 11 is 0. The fraction of sp³-hybridized carbons (Fsp3) is 0.250. The standard InChI is InChI=1S/C8H12N2O9P2.Be.3FH/c11-10(12)8-3-1-2-7(6-8)9-4-5-18-21(16,17)19-20(13,14)15;;;;/h1-3,6,9H,4-5H2,(H,16,17)(H2,13,14,15);;3*1H/q;+2;;;/p-4. The topological polar surface area (TPSA) is 171 Å². The van der Waals surface area contributed by atoms with Crippen LogP contribution in [0.1, 0.15) is 0 Å². The summed E-state index contributed by atoms with van der Waals surface area (Å²) in [5.74, 6) is 0. The Kier molecular flexibility index (Phi) is 16.2. The SMILES string of the molecule is O=[N+]([O-])c1cccc(NCCOP(=O)(O)OP(=O)([O-])O)c1.[Be+2].[F-].[F-].[F-]. The van der Waals surface area contributed by atoms with Crippen molar-refractivity contribution >= 4 is 37.1 Å². The number of nitrogens with one attached hydrogen (secondary N) is 1. The van der Waals surface area contributed by atoms with Gasteiger partial charge in [-0.1, -0.05) is 6.07 Å². The van der Waals surface area contributed by atoms with E-state index in [1.54, 1.807) is 0 Å². The molecule has 3 N–H and O–H groups in total. The fourth-order valence-corrected chi connectivity index (χ4v) is 2.79. The molecule has 0 amide bonds. The van der Waals surface area contributed by atoms with E-state index < -0.39 is 27.2 Å². The first-order valence-electron chi connectivity index (χ1n) is 5.30. The Bertz CT molecular complexity index is 620. The zero-order valence-electron chi connectivity index (χ0n) is 12.2. The van der Waals surface area contributed by atoms with Crippen LogP contribution in [0.5, 0.6) is 0 Å². The molecule has 0 saturated carbocycles. The van der Waals surface area contributed by atoms with Gasteiger partial charge < -0.3 is 34.1 Å². The summed E-state index contributed by atoms with van der Waals surface area (Å²) < 4.78 is 29.0. The first-order chi connectivity index (χ1) is 9.59. The molecule has 0 aliphatic carbocycles. The third-order valence-electron chi connectivity index (χ3n) is 1.95. The summed E-state index contributed by atoms with van der Waals surface area (Å²) in [6.07, 6.45) is 0. The zero-order chi connectivity index (χ0) is 16.1. The molecule has 0 saturated heterocycles. The number of phosphoric acid groups is 2. The molecule has 0 spiro atoms. The van der Waals surface area contributed by atoms with E-state index in [4.69, 9.17) is 9.79 Å². The fourth-order valence-electron chi connectivity index (χ4n) is 1.24. The minimum Gasteiger partial charge on any atom is -1.00 e. The normalized spacial score (nSPS) is 14.0. The molecule has 1 aromatic carbocycles. The Morgan fingerprint density at radius 3 is 2.24 bits per heavy atom. The summed E-state index contributed by atoms with van der Waals surface area (Å²) in [5, 5.41) is 13.2. The second-order valence-corrected chi connectivity index (χ2v) is 6.37. The van der Waals surface area contributed by atoms with Crippen LogP contribution in [0.4, 0.5) is 11.4 Å². The number of nitrogens with zero attached hydrogens (tertiary/aromatic N) is 1. The molecule has 0 bridgehead atoms. The Hall–Kier alpha value is -1.36. The maximum Gasteiger partial charge on any atom is 2.00 e. The van der Waals surface area contributed by atoms with E-state index in [-0.39, 0.29) is 36.5 Å². The van der Waals surface area contributed by atoms with Crippen LogP contribution in [0.15, 0.2) is 24.3 Å². The summed E-state index contributed by atoms with van der Waals surface area (Å²) in [7, 11) is -10.3.